The van der Waals surface area contributed by atoms with E-state index in [0.717, 1.165) is 0 Å². The van der Waals surface area contributed by atoms with Gasteiger partial charge >= 0.3 is 0 Å². The van der Waals surface area contributed by atoms with E-state index < -0.39 is 6.04 Å². The molecule has 3 N–H and O–H groups in total. The van der Waals surface area contributed by atoms with Crippen molar-refractivity contribution in [3.63, 3.8) is 0 Å². The molecule has 4 heteroatoms. The molecule has 0 bridgehead atoms. The molecule has 94 valence electrons. The van der Waals surface area contributed by atoms with Crippen LogP contribution in [0.1, 0.15) is 26.3 Å². The highest BCUT2D eigenvalue weighted by Crippen LogP contribution is 2.21. The van der Waals surface area contributed by atoms with E-state index in [0.29, 0.717) is 11.3 Å². The van der Waals surface area contributed by atoms with Crippen LogP contribution in [0.15, 0.2) is 18.2 Å². The zero-order chi connectivity index (χ0) is 13.2. The summed E-state index contributed by atoms with van der Waals surface area (Å²) in [6.07, 6.45) is 0. The fraction of sp³-hybridized carbons (Fsp3) is 0.462. The van der Waals surface area contributed by atoms with Gasteiger partial charge in [0.1, 0.15) is 5.82 Å². The first-order valence-corrected chi connectivity index (χ1v) is 5.55. The van der Waals surface area contributed by atoms with Gasteiger partial charge in [0, 0.05) is 11.3 Å². The van der Waals surface area contributed by atoms with Gasteiger partial charge in [-0.25, -0.2) is 4.39 Å². The maximum absolute atomic E-state index is 13.3. The summed E-state index contributed by atoms with van der Waals surface area (Å²) in [5.74, 6) is -0.640. The van der Waals surface area contributed by atoms with Crippen molar-refractivity contribution in [1.29, 1.82) is 0 Å². The number of benzene rings is 1. The van der Waals surface area contributed by atoms with Crippen molar-refractivity contribution in [2.24, 2.45) is 11.1 Å². The lowest BCUT2D eigenvalue weighted by Gasteiger charge is -2.26. The van der Waals surface area contributed by atoms with Gasteiger partial charge < -0.3 is 11.1 Å². The van der Waals surface area contributed by atoms with Crippen molar-refractivity contribution in [3.8, 4) is 0 Å². The predicted octanol–water partition coefficient (Wildman–Crippen LogP) is 2.45. The molecule has 1 aromatic rings. The first-order chi connectivity index (χ1) is 7.73. The van der Waals surface area contributed by atoms with Gasteiger partial charge in [-0.3, -0.25) is 4.79 Å². The van der Waals surface area contributed by atoms with E-state index in [1.54, 1.807) is 19.1 Å². The van der Waals surface area contributed by atoms with E-state index >= 15 is 0 Å². The summed E-state index contributed by atoms with van der Waals surface area (Å²) in [6.45, 7) is 7.27. The number of anilines is 1. The van der Waals surface area contributed by atoms with Crippen LogP contribution < -0.4 is 11.1 Å². The zero-order valence-electron chi connectivity index (χ0n) is 10.7. The molecule has 3 nitrogen and oxygen atoms in total. The molecule has 0 radical (unpaired) electrons. The van der Waals surface area contributed by atoms with Crippen LogP contribution in [0.4, 0.5) is 10.1 Å². The van der Waals surface area contributed by atoms with E-state index in [-0.39, 0.29) is 17.1 Å². The Hall–Kier alpha value is -1.42. The third-order valence-corrected chi connectivity index (χ3v) is 2.74. The van der Waals surface area contributed by atoms with Gasteiger partial charge in [-0.05, 0) is 24.5 Å². The normalized spacial score (nSPS) is 13.3. The molecule has 0 aliphatic heterocycles. The highest BCUT2D eigenvalue weighted by molar-refractivity contribution is 5.95. The lowest BCUT2D eigenvalue weighted by atomic mass is 9.87. The molecule has 1 amide bonds. The molecular formula is C13H19FN2O. The lowest BCUT2D eigenvalue weighted by Crippen LogP contribution is -2.45. The van der Waals surface area contributed by atoms with Crippen molar-refractivity contribution in [2.45, 2.75) is 33.7 Å². The molecule has 0 aliphatic carbocycles. The van der Waals surface area contributed by atoms with Crippen molar-refractivity contribution in [1.82, 2.24) is 0 Å². The second-order valence-corrected chi connectivity index (χ2v) is 5.25. The predicted molar refractivity (Wildman–Crippen MR) is 67.2 cm³/mol. The highest BCUT2D eigenvalue weighted by Gasteiger charge is 2.27. The Kier molecular flexibility index (Phi) is 3.88. The van der Waals surface area contributed by atoms with Gasteiger partial charge in [0.25, 0.3) is 0 Å². The van der Waals surface area contributed by atoms with Crippen LogP contribution >= 0.6 is 0 Å². The van der Waals surface area contributed by atoms with Gasteiger partial charge in [0.15, 0.2) is 0 Å². The van der Waals surface area contributed by atoms with Gasteiger partial charge in [-0.1, -0.05) is 26.8 Å². The van der Waals surface area contributed by atoms with Crippen molar-refractivity contribution in [3.05, 3.63) is 29.6 Å². The monoisotopic (exact) mass is 238 g/mol. The SMILES string of the molecule is Cc1c(F)cccc1NC(=O)C(N)C(C)(C)C. The number of hydrogen-bond donors (Lipinski definition) is 2. The Labute approximate surface area is 101 Å². The fourth-order valence-electron chi connectivity index (χ4n) is 1.35. The minimum Gasteiger partial charge on any atom is -0.324 e. The molecule has 0 aromatic heterocycles. The molecule has 17 heavy (non-hydrogen) atoms. The Morgan fingerprint density at radius 1 is 1.41 bits per heavy atom. The number of carbonyl (C=O) groups is 1. The van der Waals surface area contributed by atoms with Crippen LogP contribution in [0.3, 0.4) is 0 Å². The maximum Gasteiger partial charge on any atom is 0.241 e. The summed E-state index contributed by atoms with van der Waals surface area (Å²) in [5.41, 5.74) is 6.38. The van der Waals surface area contributed by atoms with Crippen molar-refractivity contribution >= 4 is 11.6 Å². The standard InChI is InChI=1S/C13H19FN2O/c1-8-9(14)6-5-7-10(8)16-12(17)11(15)13(2,3)4/h5-7,11H,15H2,1-4H3,(H,16,17). The van der Waals surface area contributed by atoms with Crippen LogP contribution in [0, 0.1) is 18.2 Å². The van der Waals surface area contributed by atoms with Crippen LogP contribution in [0.25, 0.3) is 0 Å². The molecular weight excluding hydrogens is 219 g/mol. The number of carbonyl (C=O) groups excluding carboxylic acids is 1. The minimum absolute atomic E-state index is 0.300. The van der Waals surface area contributed by atoms with Gasteiger partial charge in [-0.15, -0.1) is 0 Å². The molecule has 0 aliphatic rings. The van der Waals surface area contributed by atoms with E-state index in [1.807, 2.05) is 20.8 Å². The minimum atomic E-state index is -0.634. The zero-order valence-corrected chi connectivity index (χ0v) is 10.7. The summed E-state index contributed by atoms with van der Waals surface area (Å²) in [5, 5.41) is 2.65. The molecule has 1 aromatic carbocycles. The molecule has 0 fully saturated rings. The summed E-state index contributed by atoms with van der Waals surface area (Å²) >= 11 is 0. The largest absolute Gasteiger partial charge is 0.324 e. The summed E-state index contributed by atoms with van der Waals surface area (Å²) in [6, 6.07) is 3.94. The van der Waals surface area contributed by atoms with Gasteiger partial charge in [0.05, 0.1) is 6.04 Å². The molecule has 0 heterocycles. The Morgan fingerprint density at radius 3 is 2.53 bits per heavy atom. The third kappa shape index (κ3) is 3.27. The molecule has 0 saturated heterocycles. The number of amides is 1. The topological polar surface area (TPSA) is 55.1 Å². The van der Waals surface area contributed by atoms with Crippen LogP contribution in [-0.2, 0) is 4.79 Å². The Bertz CT molecular complexity index is 424. The summed E-state index contributed by atoms with van der Waals surface area (Å²) in [7, 11) is 0. The first-order valence-electron chi connectivity index (χ1n) is 5.55. The molecule has 0 saturated carbocycles. The number of halogens is 1. The number of nitrogens with one attached hydrogen (secondary N) is 1. The smallest absolute Gasteiger partial charge is 0.241 e. The van der Waals surface area contributed by atoms with Gasteiger partial charge in [0.2, 0.25) is 5.91 Å². The molecule has 0 spiro atoms. The second-order valence-electron chi connectivity index (χ2n) is 5.25. The molecule has 1 unspecified atom stereocenters. The Morgan fingerprint density at radius 2 is 2.00 bits per heavy atom. The van der Waals surface area contributed by atoms with E-state index in [4.69, 9.17) is 5.73 Å². The lowest BCUT2D eigenvalue weighted by molar-refractivity contribution is -0.119. The van der Waals surface area contributed by atoms with Crippen LogP contribution in [0.2, 0.25) is 0 Å². The van der Waals surface area contributed by atoms with Crippen molar-refractivity contribution < 1.29 is 9.18 Å². The molecule has 1 rings (SSSR count). The molecule has 1 atom stereocenters. The number of nitrogens with two attached hydrogens (primary N) is 1. The highest BCUT2D eigenvalue weighted by atomic mass is 19.1. The average Bonchev–Trinajstić information content (AvgIpc) is 2.22. The Balaban J connectivity index is 2.86. The van der Waals surface area contributed by atoms with E-state index in [9.17, 15) is 9.18 Å². The average molecular weight is 238 g/mol. The fourth-order valence-corrected chi connectivity index (χ4v) is 1.35. The van der Waals surface area contributed by atoms with Crippen LogP contribution in [-0.4, -0.2) is 11.9 Å². The summed E-state index contributed by atoms with van der Waals surface area (Å²) < 4.78 is 13.3. The third-order valence-electron chi connectivity index (χ3n) is 2.74. The van der Waals surface area contributed by atoms with E-state index in [2.05, 4.69) is 5.32 Å². The number of hydrogen-bond acceptors (Lipinski definition) is 2. The maximum atomic E-state index is 13.3. The van der Waals surface area contributed by atoms with Crippen LogP contribution in [0.5, 0.6) is 0 Å². The summed E-state index contributed by atoms with van der Waals surface area (Å²) in [4.78, 5) is 11.9. The van der Waals surface area contributed by atoms with Gasteiger partial charge in [-0.2, -0.15) is 0 Å². The van der Waals surface area contributed by atoms with Crippen molar-refractivity contribution in [2.75, 3.05) is 5.32 Å². The second kappa shape index (κ2) is 4.84. The number of rotatable bonds is 2. The first kappa shape index (κ1) is 13.6. The van der Waals surface area contributed by atoms with E-state index in [1.165, 1.54) is 6.07 Å². The quantitative estimate of drug-likeness (QED) is 0.831.